The van der Waals surface area contributed by atoms with E-state index in [2.05, 4.69) is 5.16 Å². The van der Waals surface area contributed by atoms with Gasteiger partial charge in [0.25, 0.3) is 5.69 Å². The molecule has 0 amide bonds. The van der Waals surface area contributed by atoms with Gasteiger partial charge in [-0.2, -0.15) is 0 Å². The van der Waals surface area contributed by atoms with Gasteiger partial charge in [0, 0.05) is 25.2 Å². The number of benzene rings is 1. The fourth-order valence-corrected chi connectivity index (χ4v) is 3.08. The molecule has 1 saturated heterocycles. The van der Waals surface area contributed by atoms with Gasteiger partial charge in [-0.3, -0.25) is 10.1 Å². The summed E-state index contributed by atoms with van der Waals surface area (Å²) in [5, 5.41) is 15.3. The summed E-state index contributed by atoms with van der Waals surface area (Å²) in [6.45, 7) is 3.27. The molecule has 0 bridgehead atoms. The third kappa shape index (κ3) is 4.19. The normalized spacial score (nSPS) is 14.7. The second-order valence-electron chi connectivity index (χ2n) is 6.37. The fraction of sp³-hybridized carbons (Fsp3) is 0.444. The molecule has 1 aromatic carbocycles. The number of carbonyl (C=O) groups is 1. The molecule has 0 atom stereocenters. The summed E-state index contributed by atoms with van der Waals surface area (Å²) in [6.07, 6.45) is 4.29. The van der Waals surface area contributed by atoms with Crippen LogP contribution < -0.4 is 4.90 Å². The molecule has 1 aromatic heterocycles. The van der Waals surface area contributed by atoms with E-state index < -0.39 is 10.9 Å². The Morgan fingerprint density at radius 2 is 2.00 bits per heavy atom. The highest BCUT2D eigenvalue weighted by Gasteiger charge is 2.23. The Morgan fingerprint density at radius 3 is 2.62 bits per heavy atom. The predicted octanol–water partition coefficient (Wildman–Crippen LogP) is 3.63. The Balaban J connectivity index is 1.76. The molecule has 1 fully saturated rings. The summed E-state index contributed by atoms with van der Waals surface area (Å²) in [4.78, 5) is 25.3. The lowest BCUT2D eigenvalue weighted by molar-refractivity contribution is -0.384. The van der Waals surface area contributed by atoms with Crippen LogP contribution in [0.15, 0.2) is 28.8 Å². The van der Waals surface area contributed by atoms with Crippen LogP contribution in [0.1, 0.15) is 47.5 Å². The number of hydrogen-bond donors (Lipinski definition) is 0. The Bertz CT molecular complexity index is 794. The van der Waals surface area contributed by atoms with Crippen molar-refractivity contribution in [2.24, 2.45) is 0 Å². The number of rotatable bonds is 5. The molecule has 3 rings (SSSR count). The minimum absolute atomic E-state index is 0.0438. The van der Waals surface area contributed by atoms with E-state index in [0.717, 1.165) is 38.8 Å². The zero-order valence-corrected chi connectivity index (χ0v) is 14.6. The van der Waals surface area contributed by atoms with Gasteiger partial charge in [-0.15, -0.1) is 0 Å². The van der Waals surface area contributed by atoms with Crippen molar-refractivity contribution in [2.45, 2.75) is 39.2 Å². The quantitative estimate of drug-likeness (QED) is 0.456. The summed E-state index contributed by atoms with van der Waals surface area (Å²) >= 11 is 0. The third-order valence-electron chi connectivity index (χ3n) is 4.38. The van der Waals surface area contributed by atoms with Crippen LogP contribution in [0.2, 0.25) is 0 Å². The molecule has 0 spiro atoms. The highest BCUT2D eigenvalue weighted by atomic mass is 16.6. The third-order valence-corrected chi connectivity index (χ3v) is 4.38. The van der Waals surface area contributed by atoms with E-state index in [1.807, 2.05) is 4.90 Å². The maximum absolute atomic E-state index is 12.2. The molecule has 0 aliphatic carbocycles. The first-order valence-electron chi connectivity index (χ1n) is 8.67. The van der Waals surface area contributed by atoms with Crippen molar-refractivity contribution in [3.05, 3.63) is 51.4 Å². The van der Waals surface area contributed by atoms with E-state index in [1.54, 1.807) is 25.1 Å². The topological polar surface area (TPSA) is 98.7 Å². The summed E-state index contributed by atoms with van der Waals surface area (Å²) in [5.41, 5.74) is 1.13. The van der Waals surface area contributed by atoms with E-state index in [-0.39, 0.29) is 17.9 Å². The first-order chi connectivity index (χ1) is 12.5. The van der Waals surface area contributed by atoms with Crippen LogP contribution in [-0.2, 0) is 11.3 Å². The van der Waals surface area contributed by atoms with Gasteiger partial charge in [-0.05, 0) is 31.9 Å². The molecule has 1 aliphatic heterocycles. The Kier molecular flexibility index (Phi) is 5.50. The Morgan fingerprint density at radius 1 is 1.27 bits per heavy atom. The molecule has 0 saturated carbocycles. The lowest BCUT2D eigenvalue weighted by Crippen LogP contribution is -2.24. The molecule has 26 heavy (non-hydrogen) atoms. The summed E-state index contributed by atoms with van der Waals surface area (Å²) in [5.74, 6) is -0.00957. The van der Waals surface area contributed by atoms with E-state index in [9.17, 15) is 14.9 Å². The molecule has 0 N–H and O–H groups in total. The van der Waals surface area contributed by atoms with Gasteiger partial charge in [-0.25, -0.2) is 4.79 Å². The number of nitrogens with zero attached hydrogens (tertiary/aromatic N) is 3. The lowest BCUT2D eigenvalue weighted by Gasteiger charge is -2.22. The SMILES string of the molecule is Cc1cc(COC(=O)c2ccc(N3CCCCCC3)c([N+](=O)[O-])c2)no1. The molecule has 1 aliphatic rings. The molecule has 138 valence electrons. The first-order valence-corrected chi connectivity index (χ1v) is 8.67. The molecule has 0 radical (unpaired) electrons. The maximum atomic E-state index is 12.2. The molecular weight excluding hydrogens is 338 g/mol. The number of aryl methyl sites for hydroxylation is 1. The van der Waals surface area contributed by atoms with Gasteiger partial charge in [-0.1, -0.05) is 18.0 Å². The van der Waals surface area contributed by atoms with Crippen molar-refractivity contribution in [3.8, 4) is 0 Å². The molecular formula is C18H21N3O5. The smallest absolute Gasteiger partial charge is 0.338 e. The molecule has 8 heteroatoms. The number of anilines is 1. The number of nitro groups is 1. The van der Waals surface area contributed by atoms with Crippen LogP contribution in [0.3, 0.4) is 0 Å². The monoisotopic (exact) mass is 359 g/mol. The van der Waals surface area contributed by atoms with Crippen molar-refractivity contribution >= 4 is 17.3 Å². The van der Waals surface area contributed by atoms with Crippen molar-refractivity contribution in [3.63, 3.8) is 0 Å². The lowest BCUT2D eigenvalue weighted by atomic mass is 10.1. The van der Waals surface area contributed by atoms with E-state index >= 15 is 0 Å². The predicted molar refractivity (Wildman–Crippen MR) is 94.1 cm³/mol. The maximum Gasteiger partial charge on any atom is 0.338 e. The average Bonchev–Trinajstić information content (AvgIpc) is 2.88. The van der Waals surface area contributed by atoms with Crippen LogP contribution >= 0.6 is 0 Å². The Labute approximate surface area is 150 Å². The zero-order chi connectivity index (χ0) is 18.5. The van der Waals surface area contributed by atoms with Gasteiger partial charge in [0.1, 0.15) is 23.7 Å². The highest BCUT2D eigenvalue weighted by Crippen LogP contribution is 2.31. The fourth-order valence-electron chi connectivity index (χ4n) is 3.08. The van der Waals surface area contributed by atoms with Crippen molar-refractivity contribution in [1.82, 2.24) is 5.16 Å². The van der Waals surface area contributed by atoms with Crippen molar-refractivity contribution in [2.75, 3.05) is 18.0 Å². The minimum atomic E-state index is -0.629. The zero-order valence-electron chi connectivity index (χ0n) is 14.6. The van der Waals surface area contributed by atoms with Crippen LogP contribution in [0, 0.1) is 17.0 Å². The first kappa shape index (κ1) is 17.9. The largest absolute Gasteiger partial charge is 0.455 e. The van der Waals surface area contributed by atoms with Crippen LogP contribution in [-0.4, -0.2) is 29.1 Å². The second-order valence-corrected chi connectivity index (χ2v) is 6.37. The minimum Gasteiger partial charge on any atom is -0.455 e. The highest BCUT2D eigenvalue weighted by molar-refractivity contribution is 5.91. The standard InChI is InChI=1S/C18H21N3O5/c1-13-10-15(19-26-13)12-25-18(22)14-6-7-16(17(11-14)21(23)24)20-8-4-2-3-5-9-20/h6-7,10-11H,2-5,8-9,12H2,1H3. The van der Waals surface area contributed by atoms with E-state index in [0.29, 0.717) is 17.1 Å². The second kappa shape index (κ2) is 7.99. The number of esters is 1. The Hall–Kier alpha value is -2.90. The van der Waals surface area contributed by atoms with Gasteiger partial charge >= 0.3 is 5.97 Å². The molecule has 2 heterocycles. The number of nitro benzene ring substituents is 1. The molecule has 8 nitrogen and oxygen atoms in total. The van der Waals surface area contributed by atoms with Crippen LogP contribution in [0.25, 0.3) is 0 Å². The molecule has 2 aromatic rings. The summed E-state index contributed by atoms with van der Waals surface area (Å²) in [6, 6.07) is 6.17. The summed E-state index contributed by atoms with van der Waals surface area (Å²) in [7, 11) is 0. The van der Waals surface area contributed by atoms with E-state index in [1.165, 1.54) is 6.07 Å². The van der Waals surface area contributed by atoms with Crippen LogP contribution in [0.5, 0.6) is 0 Å². The number of aromatic nitrogens is 1. The molecule has 0 unspecified atom stereocenters. The van der Waals surface area contributed by atoms with Crippen LogP contribution in [0.4, 0.5) is 11.4 Å². The van der Waals surface area contributed by atoms with Crippen molar-refractivity contribution in [1.29, 1.82) is 0 Å². The van der Waals surface area contributed by atoms with Gasteiger partial charge in [0.15, 0.2) is 0 Å². The number of carbonyl (C=O) groups excluding carboxylic acids is 1. The average molecular weight is 359 g/mol. The van der Waals surface area contributed by atoms with Gasteiger partial charge in [0.05, 0.1) is 10.5 Å². The van der Waals surface area contributed by atoms with Gasteiger partial charge < -0.3 is 14.2 Å². The number of hydrogen-bond acceptors (Lipinski definition) is 7. The van der Waals surface area contributed by atoms with Gasteiger partial charge in [0.2, 0.25) is 0 Å². The number of ether oxygens (including phenoxy) is 1. The van der Waals surface area contributed by atoms with E-state index in [4.69, 9.17) is 9.26 Å². The van der Waals surface area contributed by atoms with Crippen molar-refractivity contribution < 1.29 is 19.0 Å². The summed E-state index contributed by atoms with van der Waals surface area (Å²) < 4.78 is 10.1.